The Kier molecular flexibility index (Phi) is 4.91. The maximum absolute atomic E-state index is 12.2. The van der Waals surface area contributed by atoms with Gasteiger partial charge >= 0.3 is 0 Å². The number of carbonyl (C=O) groups is 1. The molecule has 5 nitrogen and oxygen atoms in total. The normalized spacial score (nSPS) is 10.4. The number of nitrogens with zero attached hydrogens (tertiary/aromatic N) is 2. The minimum absolute atomic E-state index is 0.147. The van der Waals surface area contributed by atoms with Gasteiger partial charge in [-0.3, -0.25) is 4.79 Å². The summed E-state index contributed by atoms with van der Waals surface area (Å²) in [6.45, 7) is 3.05. The number of para-hydroxylation sites is 1. The van der Waals surface area contributed by atoms with Crippen LogP contribution in [0.1, 0.15) is 22.8 Å². The third-order valence-corrected chi connectivity index (χ3v) is 3.55. The van der Waals surface area contributed by atoms with Crippen molar-refractivity contribution in [2.24, 2.45) is 0 Å². The second-order valence-electron chi connectivity index (χ2n) is 5.27. The van der Waals surface area contributed by atoms with E-state index in [0.717, 1.165) is 17.0 Å². The van der Waals surface area contributed by atoms with Crippen LogP contribution in [0.5, 0.6) is 5.75 Å². The average Bonchev–Trinajstić information content (AvgIpc) is 3.12. The number of hydrogen-bond donors (Lipinski definition) is 1. The molecule has 0 fully saturated rings. The van der Waals surface area contributed by atoms with E-state index in [4.69, 9.17) is 4.74 Å². The van der Waals surface area contributed by atoms with E-state index in [9.17, 15) is 4.79 Å². The van der Waals surface area contributed by atoms with Gasteiger partial charge in [-0.15, -0.1) is 0 Å². The lowest BCUT2D eigenvalue weighted by atomic mass is 10.2. The first kappa shape index (κ1) is 15.8. The third-order valence-electron chi connectivity index (χ3n) is 3.55. The summed E-state index contributed by atoms with van der Waals surface area (Å²) in [4.78, 5) is 12.2. The molecule has 1 amide bonds. The molecule has 0 saturated carbocycles. The van der Waals surface area contributed by atoms with Gasteiger partial charge in [0, 0.05) is 12.7 Å². The zero-order valence-electron chi connectivity index (χ0n) is 13.5. The van der Waals surface area contributed by atoms with Gasteiger partial charge < -0.3 is 10.1 Å². The van der Waals surface area contributed by atoms with Crippen LogP contribution in [0.3, 0.4) is 0 Å². The van der Waals surface area contributed by atoms with Crippen molar-refractivity contribution < 1.29 is 9.53 Å². The van der Waals surface area contributed by atoms with Crippen LogP contribution in [-0.4, -0.2) is 22.3 Å². The van der Waals surface area contributed by atoms with Gasteiger partial charge in [0.25, 0.3) is 5.91 Å². The maximum atomic E-state index is 12.2. The molecule has 0 aliphatic carbocycles. The molecule has 1 aromatic heterocycles. The topological polar surface area (TPSA) is 56.1 Å². The van der Waals surface area contributed by atoms with E-state index in [2.05, 4.69) is 10.4 Å². The van der Waals surface area contributed by atoms with Crippen LogP contribution in [0, 0.1) is 0 Å². The van der Waals surface area contributed by atoms with Gasteiger partial charge in [0.05, 0.1) is 24.1 Å². The van der Waals surface area contributed by atoms with Gasteiger partial charge in [-0.2, -0.15) is 5.10 Å². The van der Waals surface area contributed by atoms with Crippen LogP contribution in [0.25, 0.3) is 5.69 Å². The summed E-state index contributed by atoms with van der Waals surface area (Å²) in [5.74, 6) is 0.683. The van der Waals surface area contributed by atoms with Crippen LogP contribution in [0.2, 0.25) is 0 Å². The van der Waals surface area contributed by atoms with Gasteiger partial charge in [-0.1, -0.05) is 30.3 Å². The van der Waals surface area contributed by atoms with Crippen molar-refractivity contribution in [3.63, 3.8) is 0 Å². The number of amides is 1. The number of ether oxygens (including phenoxy) is 1. The zero-order valence-corrected chi connectivity index (χ0v) is 13.5. The average molecular weight is 321 g/mol. The molecule has 122 valence electrons. The first-order valence-electron chi connectivity index (χ1n) is 7.86. The van der Waals surface area contributed by atoms with Gasteiger partial charge in [0.1, 0.15) is 5.75 Å². The summed E-state index contributed by atoms with van der Waals surface area (Å²) < 4.78 is 7.09. The van der Waals surface area contributed by atoms with Gasteiger partial charge in [0.2, 0.25) is 0 Å². The van der Waals surface area contributed by atoms with Crippen molar-refractivity contribution in [1.29, 1.82) is 0 Å². The predicted octanol–water partition coefficient (Wildman–Crippen LogP) is 3.20. The standard InChI is InChI=1S/C19H19N3O2/c1-2-24-18-10-8-15(9-11-18)12-20-19(23)16-13-21-22(14-16)17-6-4-3-5-7-17/h3-11,13-14H,2,12H2,1H3,(H,20,23). The monoisotopic (exact) mass is 321 g/mol. The van der Waals surface area contributed by atoms with E-state index < -0.39 is 0 Å². The van der Waals surface area contributed by atoms with E-state index in [1.165, 1.54) is 0 Å². The van der Waals surface area contributed by atoms with Crippen LogP contribution in [-0.2, 0) is 6.54 Å². The molecule has 1 heterocycles. The molecule has 0 saturated heterocycles. The maximum Gasteiger partial charge on any atom is 0.254 e. The number of benzene rings is 2. The van der Waals surface area contributed by atoms with Gasteiger partial charge in [-0.05, 0) is 36.8 Å². The fourth-order valence-electron chi connectivity index (χ4n) is 2.32. The Hall–Kier alpha value is -3.08. The second-order valence-corrected chi connectivity index (χ2v) is 5.27. The Morgan fingerprint density at radius 3 is 2.58 bits per heavy atom. The van der Waals surface area contributed by atoms with E-state index in [0.29, 0.717) is 18.7 Å². The Morgan fingerprint density at radius 1 is 1.12 bits per heavy atom. The molecule has 0 bridgehead atoms. The molecule has 3 aromatic rings. The van der Waals surface area contributed by atoms with Crippen LogP contribution in [0.4, 0.5) is 0 Å². The van der Waals surface area contributed by atoms with Crippen molar-refractivity contribution in [3.8, 4) is 11.4 Å². The Bertz CT molecular complexity index is 795. The third kappa shape index (κ3) is 3.81. The first-order valence-corrected chi connectivity index (χ1v) is 7.86. The molecule has 1 N–H and O–H groups in total. The van der Waals surface area contributed by atoms with Crippen molar-refractivity contribution in [3.05, 3.63) is 78.1 Å². The molecule has 0 unspecified atom stereocenters. The van der Waals surface area contributed by atoms with Crippen molar-refractivity contribution in [2.75, 3.05) is 6.61 Å². The molecule has 0 aliphatic heterocycles. The Balaban J connectivity index is 1.60. The number of hydrogen-bond acceptors (Lipinski definition) is 3. The molecular weight excluding hydrogens is 302 g/mol. The van der Waals surface area contributed by atoms with Crippen LogP contribution >= 0.6 is 0 Å². The van der Waals surface area contributed by atoms with E-state index in [1.54, 1.807) is 17.1 Å². The minimum Gasteiger partial charge on any atom is -0.494 e. The summed E-state index contributed by atoms with van der Waals surface area (Å²) in [5, 5.41) is 7.13. The molecule has 3 rings (SSSR count). The highest BCUT2D eigenvalue weighted by Crippen LogP contribution is 2.12. The van der Waals surface area contributed by atoms with Crippen LogP contribution in [0.15, 0.2) is 67.0 Å². The number of carbonyl (C=O) groups excluding carboxylic acids is 1. The molecule has 0 radical (unpaired) electrons. The van der Waals surface area contributed by atoms with Gasteiger partial charge in [0.15, 0.2) is 0 Å². The molecule has 5 heteroatoms. The Morgan fingerprint density at radius 2 is 1.88 bits per heavy atom. The van der Waals surface area contributed by atoms with E-state index in [1.807, 2.05) is 61.5 Å². The van der Waals surface area contributed by atoms with Crippen LogP contribution < -0.4 is 10.1 Å². The van der Waals surface area contributed by atoms with Crippen molar-refractivity contribution >= 4 is 5.91 Å². The second kappa shape index (κ2) is 7.46. The van der Waals surface area contributed by atoms with E-state index >= 15 is 0 Å². The lowest BCUT2D eigenvalue weighted by Crippen LogP contribution is -2.22. The first-order chi connectivity index (χ1) is 11.8. The summed E-state index contributed by atoms with van der Waals surface area (Å²) in [6, 6.07) is 17.4. The molecule has 2 aromatic carbocycles. The quantitative estimate of drug-likeness (QED) is 0.758. The summed E-state index contributed by atoms with van der Waals surface area (Å²) in [5.41, 5.74) is 2.47. The summed E-state index contributed by atoms with van der Waals surface area (Å²) in [7, 11) is 0. The zero-order chi connectivity index (χ0) is 16.8. The number of aromatic nitrogens is 2. The molecule has 0 spiro atoms. The summed E-state index contributed by atoms with van der Waals surface area (Å²) in [6.07, 6.45) is 3.30. The van der Waals surface area contributed by atoms with Crippen molar-refractivity contribution in [2.45, 2.75) is 13.5 Å². The SMILES string of the molecule is CCOc1ccc(CNC(=O)c2cnn(-c3ccccc3)c2)cc1. The highest BCUT2D eigenvalue weighted by molar-refractivity contribution is 5.93. The molecular formula is C19H19N3O2. The Labute approximate surface area is 140 Å². The fraction of sp³-hybridized carbons (Fsp3) is 0.158. The fourth-order valence-corrected chi connectivity index (χ4v) is 2.32. The predicted molar refractivity (Wildman–Crippen MR) is 92.3 cm³/mol. The lowest BCUT2D eigenvalue weighted by molar-refractivity contribution is 0.0951. The smallest absolute Gasteiger partial charge is 0.254 e. The molecule has 0 atom stereocenters. The van der Waals surface area contributed by atoms with Gasteiger partial charge in [-0.25, -0.2) is 4.68 Å². The minimum atomic E-state index is -0.147. The largest absolute Gasteiger partial charge is 0.494 e. The number of rotatable bonds is 6. The molecule has 24 heavy (non-hydrogen) atoms. The highest BCUT2D eigenvalue weighted by Gasteiger charge is 2.09. The number of nitrogens with one attached hydrogen (secondary N) is 1. The molecule has 0 aliphatic rings. The summed E-state index contributed by atoms with van der Waals surface area (Å²) >= 11 is 0. The highest BCUT2D eigenvalue weighted by atomic mass is 16.5. The van der Waals surface area contributed by atoms with Crippen molar-refractivity contribution in [1.82, 2.24) is 15.1 Å². The van der Waals surface area contributed by atoms with E-state index in [-0.39, 0.29) is 5.91 Å². The lowest BCUT2D eigenvalue weighted by Gasteiger charge is -2.06.